The minimum atomic E-state index is -0.367. The number of nitrogens with two attached hydrogens (primary N) is 1. The van der Waals surface area contributed by atoms with Crippen LogP contribution in [0.3, 0.4) is 0 Å². The second-order valence-electron chi connectivity index (χ2n) is 4.65. The lowest BCUT2D eigenvalue weighted by atomic mass is 10.1. The van der Waals surface area contributed by atoms with Crippen LogP contribution in [0.2, 0.25) is 0 Å². The van der Waals surface area contributed by atoms with Crippen molar-refractivity contribution >= 4 is 17.3 Å². The van der Waals surface area contributed by atoms with Crippen molar-refractivity contribution in [3.63, 3.8) is 0 Å². The Morgan fingerprint density at radius 1 is 1.53 bits per heavy atom. The monoisotopic (exact) mass is 264 g/mol. The zero-order valence-electron chi connectivity index (χ0n) is 11.1. The van der Waals surface area contributed by atoms with E-state index in [1.807, 2.05) is 6.07 Å². The number of carbonyl (C=O) groups is 1. The zero-order valence-corrected chi connectivity index (χ0v) is 11.1. The van der Waals surface area contributed by atoms with Gasteiger partial charge in [0, 0.05) is 18.3 Å². The lowest BCUT2D eigenvalue weighted by Crippen LogP contribution is -2.30. The van der Waals surface area contributed by atoms with Crippen molar-refractivity contribution in [2.75, 3.05) is 30.4 Å². The molecule has 5 heteroatoms. The molecule has 1 aliphatic rings. The summed E-state index contributed by atoms with van der Waals surface area (Å²) in [5, 5.41) is 9.18. The Balaban J connectivity index is 2.34. The van der Waals surface area contributed by atoms with Gasteiger partial charge in [-0.2, -0.15) is 0 Å². The maximum Gasteiger partial charge on any atom is 0.340 e. The largest absolute Gasteiger partial charge is 0.462 e. The highest BCUT2D eigenvalue weighted by atomic mass is 16.5. The minimum Gasteiger partial charge on any atom is -0.462 e. The average molecular weight is 264 g/mol. The third-order valence-electron chi connectivity index (χ3n) is 3.15. The van der Waals surface area contributed by atoms with E-state index in [0.717, 1.165) is 18.5 Å². The second-order valence-corrected chi connectivity index (χ2v) is 4.65. The number of hydrogen-bond acceptors (Lipinski definition) is 5. The van der Waals surface area contributed by atoms with Gasteiger partial charge in [-0.05, 0) is 38.0 Å². The Hall–Kier alpha value is -1.75. The molecule has 0 spiro atoms. The van der Waals surface area contributed by atoms with E-state index in [1.165, 1.54) is 0 Å². The van der Waals surface area contributed by atoms with Gasteiger partial charge in [-0.15, -0.1) is 0 Å². The van der Waals surface area contributed by atoms with Crippen LogP contribution in [0.25, 0.3) is 0 Å². The van der Waals surface area contributed by atoms with Gasteiger partial charge in [0.1, 0.15) is 0 Å². The summed E-state index contributed by atoms with van der Waals surface area (Å²) in [6.45, 7) is 2.68. The summed E-state index contributed by atoms with van der Waals surface area (Å²) in [7, 11) is 0. The summed E-state index contributed by atoms with van der Waals surface area (Å²) in [6, 6.07) is 5.64. The summed E-state index contributed by atoms with van der Waals surface area (Å²) in [5.74, 6) is -0.367. The topological polar surface area (TPSA) is 75.8 Å². The smallest absolute Gasteiger partial charge is 0.340 e. The van der Waals surface area contributed by atoms with Crippen molar-refractivity contribution in [2.45, 2.75) is 25.8 Å². The fourth-order valence-corrected chi connectivity index (χ4v) is 2.17. The number of nitrogens with zero attached hydrogens (tertiary/aromatic N) is 1. The molecule has 2 rings (SSSR count). The molecule has 1 aliphatic carbocycles. The molecular weight excluding hydrogens is 244 g/mol. The van der Waals surface area contributed by atoms with Crippen molar-refractivity contribution in [2.24, 2.45) is 0 Å². The number of rotatable bonds is 6. The Morgan fingerprint density at radius 3 is 2.84 bits per heavy atom. The molecular formula is C14H20N2O3. The molecule has 1 fully saturated rings. The molecule has 0 radical (unpaired) electrons. The number of anilines is 2. The van der Waals surface area contributed by atoms with Crippen LogP contribution in [-0.2, 0) is 4.74 Å². The number of nitrogen functional groups attached to an aromatic ring is 1. The van der Waals surface area contributed by atoms with E-state index in [9.17, 15) is 9.90 Å². The van der Waals surface area contributed by atoms with Gasteiger partial charge in [0.2, 0.25) is 0 Å². The summed E-state index contributed by atoms with van der Waals surface area (Å²) in [5.41, 5.74) is 7.56. The average Bonchev–Trinajstić information content (AvgIpc) is 3.21. The van der Waals surface area contributed by atoms with E-state index in [1.54, 1.807) is 19.1 Å². The molecule has 0 heterocycles. The summed E-state index contributed by atoms with van der Waals surface area (Å²) in [4.78, 5) is 14.1. The highest BCUT2D eigenvalue weighted by molar-refractivity contribution is 5.97. The highest BCUT2D eigenvalue weighted by Gasteiger charge is 2.31. The van der Waals surface area contributed by atoms with E-state index in [-0.39, 0.29) is 12.6 Å². The standard InChI is InChI=1S/C14H20N2O3/c1-2-19-14(18)12-9-10(15)3-6-13(12)16(7-8-17)11-4-5-11/h3,6,9,11,17H,2,4-5,7-8,15H2,1H3. The Morgan fingerprint density at radius 2 is 2.26 bits per heavy atom. The summed E-state index contributed by atoms with van der Waals surface area (Å²) >= 11 is 0. The summed E-state index contributed by atoms with van der Waals surface area (Å²) in [6.07, 6.45) is 2.18. The maximum absolute atomic E-state index is 12.0. The molecule has 0 amide bonds. The molecule has 0 saturated heterocycles. The second kappa shape index (κ2) is 5.93. The lowest BCUT2D eigenvalue weighted by molar-refractivity contribution is 0.0527. The predicted molar refractivity (Wildman–Crippen MR) is 74.3 cm³/mol. The van der Waals surface area contributed by atoms with Crippen LogP contribution in [0, 0.1) is 0 Å². The van der Waals surface area contributed by atoms with Crippen LogP contribution in [0.5, 0.6) is 0 Å². The van der Waals surface area contributed by atoms with Crippen molar-refractivity contribution in [3.8, 4) is 0 Å². The fourth-order valence-electron chi connectivity index (χ4n) is 2.17. The molecule has 0 bridgehead atoms. The Bertz CT molecular complexity index is 458. The third-order valence-corrected chi connectivity index (χ3v) is 3.15. The lowest BCUT2D eigenvalue weighted by Gasteiger charge is -2.26. The van der Waals surface area contributed by atoms with Crippen LogP contribution in [-0.4, -0.2) is 36.9 Å². The number of carbonyl (C=O) groups excluding carboxylic acids is 1. The quantitative estimate of drug-likeness (QED) is 0.600. The molecule has 1 saturated carbocycles. The number of hydrogen-bond donors (Lipinski definition) is 2. The Kier molecular flexibility index (Phi) is 4.27. The van der Waals surface area contributed by atoms with Crippen LogP contribution in [0.15, 0.2) is 18.2 Å². The van der Waals surface area contributed by atoms with E-state index in [2.05, 4.69) is 4.90 Å². The van der Waals surface area contributed by atoms with Crippen LogP contribution >= 0.6 is 0 Å². The molecule has 0 aliphatic heterocycles. The van der Waals surface area contributed by atoms with Gasteiger partial charge in [-0.3, -0.25) is 0 Å². The fraction of sp³-hybridized carbons (Fsp3) is 0.500. The van der Waals surface area contributed by atoms with E-state index < -0.39 is 0 Å². The number of aliphatic hydroxyl groups is 1. The molecule has 19 heavy (non-hydrogen) atoms. The van der Waals surface area contributed by atoms with Crippen LogP contribution in [0.1, 0.15) is 30.1 Å². The van der Waals surface area contributed by atoms with Crippen LogP contribution < -0.4 is 10.6 Å². The SMILES string of the molecule is CCOC(=O)c1cc(N)ccc1N(CCO)C1CC1. The number of aliphatic hydroxyl groups excluding tert-OH is 1. The van der Waals surface area contributed by atoms with E-state index >= 15 is 0 Å². The predicted octanol–water partition coefficient (Wildman–Crippen LogP) is 1.41. The zero-order chi connectivity index (χ0) is 13.8. The van der Waals surface area contributed by atoms with E-state index in [4.69, 9.17) is 10.5 Å². The Labute approximate surface area is 113 Å². The molecule has 3 N–H and O–H groups in total. The first kappa shape index (κ1) is 13.7. The highest BCUT2D eigenvalue weighted by Crippen LogP contribution is 2.34. The molecule has 0 atom stereocenters. The minimum absolute atomic E-state index is 0.0587. The van der Waals surface area contributed by atoms with Gasteiger partial charge in [-0.1, -0.05) is 0 Å². The van der Waals surface area contributed by atoms with Gasteiger partial charge in [0.25, 0.3) is 0 Å². The van der Waals surface area contributed by atoms with Gasteiger partial charge in [-0.25, -0.2) is 4.79 Å². The molecule has 0 unspecified atom stereocenters. The van der Waals surface area contributed by atoms with Crippen molar-refractivity contribution < 1.29 is 14.6 Å². The molecule has 1 aromatic carbocycles. The van der Waals surface area contributed by atoms with Crippen molar-refractivity contribution in [1.29, 1.82) is 0 Å². The molecule has 5 nitrogen and oxygen atoms in total. The number of esters is 1. The summed E-state index contributed by atoms with van der Waals surface area (Å²) < 4.78 is 5.07. The number of ether oxygens (including phenoxy) is 1. The van der Waals surface area contributed by atoms with Gasteiger partial charge in [0.05, 0.1) is 24.5 Å². The molecule has 0 aromatic heterocycles. The first-order valence-electron chi connectivity index (χ1n) is 6.61. The van der Waals surface area contributed by atoms with Gasteiger partial charge < -0.3 is 20.5 Å². The van der Waals surface area contributed by atoms with Gasteiger partial charge >= 0.3 is 5.97 Å². The van der Waals surface area contributed by atoms with Crippen LogP contribution in [0.4, 0.5) is 11.4 Å². The molecule has 1 aromatic rings. The third kappa shape index (κ3) is 3.17. The first-order valence-corrected chi connectivity index (χ1v) is 6.61. The number of benzene rings is 1. The van der Waals surface area contributed by atoms with Crippen molar-refractivity contribution in [3.05, 3.63) is 23.8 Å². The normalized spacial score (nSPS) is 14.2. The molecule has 104 valence electrons. The first-order chi connectivity index (χ1) is 9.17. The van der Waals surface area contributed by atoms with Crippen molar-refractivity contribution in [1.82, 2.24) is 0 Å². The van der Waals surface area contributed by atoms with Gasteiger partial charge in [0.15, 0.2) is 0 Å². The maximum atomic E-state index is 12.0. The van der Waals surface area contributed by atoms with E-state index in [0.29, 0.717) is 30.4 Å².